The molecular weight excluding hydrogens is 418 g/mol. The smallest absolute Gasteiger partial charge is 0.306 e. The fourth-order valence-electron chi connectivity index (χ4n) is 3.83. The first-order valence-electron chi connectivity index (χ1n) is 11.7. The van der Waals surface area contributed by atoms with Crippen molar-refractivity contribution in [3.05, 3.63) is 0 Å². The van der Waals surface area contributed by atoms with Gasteiger partial charge >= 0.3 is 17.9 Å². The van der Waals surface area contributed by atoms with Gasteiger partial charge in [-0.1, -0.05) is 51.9 Å². The predicted molar refractivity (Wildman–Crippen MR) is 121 cm³/mol. The Morgan fingerprint density at radius 2 is 1.16 bits per heavy atom. The van der Waals surface area contributed by atoms with Gasteiger partial charge in [0.25, 0.3) is 0 Å². The molecule has 0 bridgehead atoms. The van der Waals surface area contributed by atoms with Crippen molar-refractivity contribution in [3.63, 3.8) is 0 Å². The summed E-state index contributed by atoms with van der Waals surface area (Å²) in [6, 6.07) is 0. The van der Waals surface area contributed by atoms with Crippen LogP contribution < -0.4 is 27.9 Å². The summed E-state index contributed by atoms with van der Waals surface area (Å²) < 4.78 is 0. The van der Waals surface area contributed by atoms with Crippen molar-refractivity contribution in [2.24, 2.45) is 23.6 Å². The number of carboxylic acids is 3. The lowest BCUT2D eigenvalue weighted by atomic mass is 9.87. The van der Waals surface area contributed by atoms with Gasteiger partial charge in [0, 0.05) is 6.54 Å². The van der Waals surface area contributed by atoms with E-state index < -0.39 is 29.7 Å². The molecule has 0 aromatic rings. The Labute approximate surface area is 190 Å². The molecule has 0 aliphatic heterocycles. The zero-order valence-electron chi connectivity index (χ0n) is 19.3. The second-order valence-electron chi connectivity index (χ2n) is 8.29. The third-order valence-electron chi connectivity index (χ3n) is 5.69. The standard InChI is InChI=1S/C21H43N5O6/c1-2-10-17(20(29)30)15-18(21(31)32)13-8-5-7-12-16(19(27)28)11-6-3-4-9-14-23-25-26-24-22/h16-18,23-26H,2-15,22H2,1H3,(H,27,28)(H,29,30)(H,31,32). The Kier molecular flexibility index (Phi) is 18.8. The predicted octanol–water partition coefficient (Wildman–Crippen LogP) is 2.16. The van der Waals surface area contributed by atoms with E-state index in [0.717, 1.165) is 45.1 Å². The summed E-state index contributed by atoms with van der Waals surface area (Å²) in [5.74, 6) is 0.709. The zero-order chi connectivity index (χ0) is 24.2. The molecule has 0 aliphatic rings. The Balaban J connectivity index is 4.06. The zero-order valence-corrected chi connectivity index (χ0v) is 19.3. The number of hydrogen-bond acceptors (Lipinski definition) is 8. The summed E-state index contributed by atoms with van der Waals surface area (Å²) in [5.41, 5.74) is 10.3. The van der Waals surface area contributed by atoms with Gasteiger partial charge in [0.05, 0.1) is 17.8 Å². The van der Waals surface area contributed by atoms with Crippen LogP contribution in [-0.2, 0) is 14.4 Å². The largest absolute Gasteiger partial charge is 0.481 e. The van der Waals surface area contributed by atoms with Crippen molar-refractivity contribution >= 4 is 17.9 Å². The lowest BCUT2D eigenvalue weighted by Gasteiger charge is -2.17. The fourth-order valence-corrected chi connectivity index (χ4v) is 3.83. The van der Waals surface area contributed by atoms with Crippen LogP contribution in [0.15, 0.2) is 0 Å². The number of aliphatic carboxylic acids is 3. The van der Waals surface area contributed by atoms with Crippen molar-refractivity contribution < 1.29 is 29.7 Å². The van der Waals surface area contributed by atoms with E-state index in [1.54, 1.807) is 0 Å². The lowest BCUT2D eigenvalue weighted by Crippen LogP contribution is -2.53. The van der Waals surface area contributed by atoms with Crippen molar-refractivity contribution in [2.75, 3.05) is 6.54 Å². The van der Waals surface area contributed by atoms with Gasteiger partial charge in [0.2, 0.25) is 0 Å². The average Bonchev–Trinajstić information content (AvgIpc) is 2.74. The molecule has 0 radical (unpaired) electrons. The minimum absolute atomic E-state index is 0.155. The third kappa shape index (κ3) is 15.9. The highest BCUT2D eigenvalue weighted by Crippen LogP contribution is 2.24. The second kappa shape index (κ2) is 19.9. The van der Waals surface area contributed by atoms with Crippen molar-refractivity contribution in [3.8, 4) is 0 Å². The molecule has 3 unspecified atom stereocenters. The summed E-state index contributed by atoms with van der Waals surface area (Å²) in [6.07, 6.45) is 8.96. The van der Waals surface area contributed by atoms with Crippen LogP contribution in [-0.4, -0.2) is 39.8 Å². The van der Waals surface area contributed by atoms with E-state index in [4.69, 9.17) is 5.84 Å². The van der Waals surface area contributed by atoms with E-state index in [1.807, 2.05) is 6.92 Å². The molecule has 0 aliphatic carbocycles. The molecule has 3 atom stereocenters. The van der Waals surface area contributed by atoms with Gasteiger partial charge < -0.3 is 15.3 Å². The van der Waals surface area contributed by atoms with E-state index in [-0.39, 0.29) is 12.3 Å². The topological polar surface area (TPSA) is 186 Å². The molecule has 11 nitrogen and oxygen atoms in total. The molecule has 0 rings (SSSR count). The fraction of sp³-hybridized carbons (Fsp3) is 0.857. The maximum Gasteiger partial charge on any atom is 0.306 e. The number of hydrogen-bond donors (Lipinski definition) is 8. The first-order valence-corrected chi connectivity index (χ1v) is 11.7. The molecule has 0 saturated heterocycles. The lowest BCUT2D eigenvalue weighted by molar-refractivity contribution is -0.146. The number of nitrogens with one attached hydrogen (secondary N) is 4. The van der Waals surface area contributed by atoms with E-state index in [9.17, 15) is 29.7 Å². The maximum atomic E-state index is 11.5. The molecule has 0 fully saturated rings. The molecule has 11 heteroatoms. The first kappa shape index (κ1) is 30.2. The molecule has 9 N–H and O–H groups in total. The number of hydrazine groups is 4. The minimum Gasteiger partial charge on any atom is -0.481 e. The number of rotatable bonds is 23. The van der Waals surface area contributed by atoms with Crippen LogP contribution >= 0.6 is 0 Å². The molecule has 188 valence electrons. The van der Waals surface area contributed by atoms with Crippen molar-refractivity contribution in [2.45, 2.75) is 90.4 Å². The van der Waals surface area contributed by atoms with E-state index >= 15 is 0 Å². The number of carbonyl (C=O) groups is 3. The Morgan fingerprint density at radius 1 is 0.688 bits per heavy atom. The summed E-state index contributed by atoms with van der Waals surface area (Å²) in [5, 5.41) is 28.1. The molecular formula is C21H43N5O6. The maximum absolute atomic E-state index is 11.5. The monoisotopic (exact) mass is 461 g/mol. The summed E-state index contributed by atoms with van der Waals surface area (Å²) in [4.78, 5) is 34.3. The number of unbranched alkanes of at least 4 members (excludes halogenated alkanes) is 5. The van der Waals surface area contributed by atoms with Gasteiger partial charge in [-0.15, -0.1) is 0 Å². The summed E-state index contributed by atoms with van der Waals surface area (Å²) in [7, 11) is 0. The van der Waals surface area contributed by atoms with E-state index in [2.05, 4.69) is 22.0 Å². The van der Waals surface area contributed by atoms with Crippen LogP contribution in [0.3, 0.4) is 0 Å². The Bertz CT molecular complexity index is 523. The molecule has 32 heavy (non-hydrogen) atoms. The SMILES string of the molecule is CCCC(CC(CCCCCC(CCCCCCNNNNN)C(=O)O)C(=O)O)C(=O)O. The van der Waals surface area contributed by atoms with Gasteiger partial charge in [0.1, 0.15) is 0 Å². The molecule has 0 spiro atoms. The normalized spacial score (nSPS) is 14.1. The third-order valence-corrected chi connectivity index (χ3v) is 5.69. The number of nitrogens with two attached hydrogens (primary N) is 1. The van der Waals surface area contributed by atoms with Gasteiger partial charge in [-0.25, -0.2) is 5.43 Å². The van der Waals surface area contributed by atoms with Gasteiger partial charge in [-0.2, -0.15) is 16.6 Å². The van der Waals surface area contributed by atoms with Gasteiger partial charge in [-0.05, 0) is 38.5 Å². The quantitative estimate of drug-likeness (QED) is 0.0633. The minimum atomic E-state index is -0.950. The van der Waals surface area contributed by atoms with E-state index in [1.165, 1.54) is 0 Å². The molecule has 0 amide bonds. The first-order chi connectivity index (χ1) is 15.3. The van der Waals surface area contributed by atoms with Crippen LogP contribution in [0.1, 0.15) is 90.4 Å². The number of carboxylic acid groups (broad SMARTS) is 3. The highest BCUT2D eigenvalue weighted by molar-refractivity contribution is 5.73. The Hall–Kier alpha value is -1.79. The van der Waals surface area contributed by atoms with E-state index in [0.29, 0.717) is 38.5 Å². The second-order valence-corrected chi connectivity index (χ2v) is 8.29. The van der Waals surface area contributed by atoms with Crippen molar-refractivity contribution in [1.29, 1.82) is 0 Å². The molecule has 0 aromatic carbocycles. The highest BCUT2D eigenvalue weighted by Gasteiger charge is 2.26. The molecule has 0 saturated carbocycles. The molecule has 0 aromatic heterocycles. The van der Waals surface area contributed by atoms with Crippen LogP contribution in [0, 0.1) is 17.8 Å². The Morgan fingerprint density at radius 3 is 1.66 bits per heavy atom. The van der Waals surface area contributed by atoms with Crippen LogP contribution in [0.4, 0.5) is 0 Å². The summed E-state index contributed by atoms with van der Waals surface area (Å²) in [6.45, 7) is 2.65. The highest BCUT2D eigenvalue weighted by atomic mass is 16.4. The van der Waals surface area contributed by atoms with Crippen LogP contribution in [0.25, 0.3) is 0 Å². The summed E-state index contributed by atoms with van der Waals surface area (Å²) >= 11 is 0. The van der Waals surface area contributed by atoms with Crippen LogP contribution in [0.2, 0.25) is 0 Å². The average molecular weight is 462 g/mol. The van der Waals surface area contributed by atoms with Gasteiger partial charge in [-0.3, -0.25) is 20.2 Å². The van der Waals surface area contributed by atoms with Crippen LogP contribution in [0.5, 0.6) is 0 Å². The van der Waals surface area contributed by atoms with Crippen molar-refractivity contribution in [1.82, 2.24) is 22.0 Å². The van der Waals surface area contributed by atoms with Gasteiger partial charge in [0.15, 0.2) is 0 Å². The molecule has 0 heterocycles.